The van der Waals surface area contributed by atoms with Crippen LogP contribution in [-0.2, 0) is 4.74 Å². The normalized spacial score (nSPS) is 29.2. The summed E-state index contributed by atoms with van der Waals surface area (Å²) in [4.78, 5) is 0. The van der Waals surface area contributed by atoms with E-state index in [1.807, 2.05) is 0 Å². The van der Waals surface area contributed by atoms with Gasteiger partial charge in [0, 0.05) is 6.42 Å². The van der Waals surface area contributed by atoms with Crippen LogP contribution in [0.4, 0.5) is 0 Å². The van der Waals surface area contributed by atoms with Crippen molar-refractivity contribution in [3.05, 3.63) is 12.2 Å². The summed E-state index contributed by atoms with van der Waals surface area (Å²) in [6.45, 7) is 2.20. The second-order valence-corrected chi connectivity index (χ2v) is 3.29. The van der Waals surface area contributed by atoms with E-state index in [-0.39, 0.29) is 6.10 Å². The average Bonchev–Trinajstić information content (AvgIpc) is 2.00. The van der Waals surface area contributed by atoms with Gasteiger partial charge in [-0.3, -0.25) is 0 Å². The standard InChI is InChI=1S/C10H18O2/c1-2-3-4-5-6-7-9-8-10(11)12-9/h6-7,9-11H,2-5,8H2,1H3. The molecule has 1 rings (SSSR count). The molecule has 2 atom stereocenters. The maximum absolute atomic E-state index is 8.80. The van der Waals surface area contributed by atoms with Gasteiger partial charge in [0.2, 0.25) is 0 Å². The van der Waals surface area contributed by atoms with Crippen molar-refractivity contribution in [1.82, 2.24) is 0 Å². The van der Waals surface area contributed by atoms with Gasteiger partial charge in [0.15, 0.2) is 6.29 Å². The van der Waals surface area contributed by atoms with E-state index in [0.717, 1.165) is 12.8 Å². The number of hydrogen-bond donors (Lipinski definition) is 1. The fourth-order valence-electron chi connectivity index (χ4n) is 1.27. The Morgan fingerprint density at radius 2 is 2.25 bits per heavy atom. The average molecular weight is 170 g/mol. The number of aliphatic hydroxyl groups is 1. The summed E-state index contributed by atoms with van der Waals surface area (Å²) in [6, 6.07) is 0. The molecule has 0 aromatic rings. The fraction of sp³-hybridized carbons (Fsp3) is 0.800. The Hall–Kier alpha value is -0.340. The summed E-state index contributed by atoms with van der Waals surface area (Å²) in [5.74, 6) is 0. The molecule has 2 unspecified atom stereocenters. The smallest absolute Gasteiger partial charge is 0.158 e. The van der Waals surface area contributed by atoms with E-state index in [2.05, 4.69) is 19.1 Å². The Labute approximate surface area is 74.2 Å². The molecule has 1 aliphatic rings. The highest BCUT2D eigenvalue weighted by molar-refractivity contribution is 4.93. The molecule has 0 aromatic carbocycles. The SMILES string of the molecule is CCCCCC=CC1CC(O)O1. The summed E-state index contributed by atoms with van der Waals surface area (Å²) in [7, 11) is 0. The van der Waals surface area contributed by atoms with Crippen molar-refractivity contribution in [2.24, 2.45) is 0 Å². The van der Waals surface area contributed by atoms with Crippen LogP contribution in [0.15, 0.2) is 12.2 Å². The third kappa shape index (κ3) is 3.37. The van der Waals surface area contributed by atoms with Crippen molar-refractivity contribution in [1.29, 1.82) is 0 Å². The van der Waals surface area contributed by atoms with E-state index in [1.54, 1.807) is 0 Å². The van der Waals surface area contributed by atoms with Crippen molar-refractivity contribution >= 4 is 0 Å². The minimum atomic E-state index is -0.504. The second-order valence-electron chi connectivity index (χ2n) is 3.29. The van der Waals surface area contributed by atoms with Crippen LogP contribution in [0.2, 0.25) is 0 Å². The van der Waals surface area contributed by atoms with Crippen molar-refractivity contribution in [2.75, 3.05) is 0 Å². The minimum Gasteiger partial charge on any atom is -0.368 e. The molecule has 1 fully saturated rings. The second kappa shape index (κ2) is 5.33. The lowest BCUT2D eigenvalue weighted by molar-refractivity contribution is -0.214. The first kappa shape index (κ1) is 9.75. The van der Waals surface area contributed by atoms with Crippen molar-refractivity contribution in [3.63, 3.8) is 0 Å². The summed E-state index contributed by atoms with van der Waals surface area (Å²) in [6.07, 6.45) is 9.65. The third-order valence-electron chi connectivity index (χ3n) is 2.09. The molecular formula is C10H18O2. The van der Waals surface area contributed by atoms with Gasteiger partial charge in [0.25, 0.3) is 0 Å². The van der Waals surface area contributed by atoms with Crippen LogP contribution >= 0.6 is 0 Å². The number of unbranched alkanes of at least 4 members (excludes halogenated alkanes) is 3. The first-order valence-corrected chi connectivity index (χ1v) is 4.83. The molecule has 70 valence electrons. The van der Waals surface area contributed by atoms with Crippen LogP contribution in [0.5, 0.6) is 0 Å². The van der Waals surface area contributed by atoms with Crippen LogP contribution in [0.3, 0.4) is 0 Å². The molecule has 2 heteroatoms. The Kier molecular flexibility index (Phi) is 4.33. The summed E-state index contributed by atoms with van der Waals surface area (Å²) < 4.78 is 5.01. The van der Waals surface area contributed by atoms with E-state index >= 15 is 0 Å². The van der Waals surface area contributed by atoms with E-state index < -0.39 is 6.29 Å². The lowest BCUT2D eigenvalue weighted by Gasteiger charge is -2.29. The van der Waals surface area contributed by atoms with Gasteiger partial charge < -0.3 is 9.84 Å². The van der Waals surface area contributed by atoms with Gasteiger partial charge in [0.05, 0.1) is 6.10 Å². The molecule has 12 heavy (non-hydrogen) atoms. The highest BCUT2D eigenvalue weighted by Crippen LogP contribution is 2.19. The maximum Gasteiger partial charge on any atom is 0.158 e. The predicted octanol–water partition coefficient (Wildman–Crippen LogP) is 2.23. The molecule has 0 radical (unpaired) electrons. The van der Waals surface area contributed by atoms with Gasteiger partial charge >= 0.3 is 0 Å². The monoisotopic (exact) mass is 170 g/mol. The van der Waals surface area contributed by atoms with E-state index in [9.17, 15) is 0 Å². The molecule has 0 bridgehead atoms. The molecule has 1 saturated heterocycles. The first-order chi connectivity index (χ1) is 5.83. The Morgan fingerprint density at radius 3 is 2.83 bits per heavy atom. The molecule has 0 amide bonds. The van der Waals surface area contributed by atoms with Crippen molar-refractivity contribution < 1.29 is 9.84 Å². The number of allylic oxidation sites excluding steroid dienone is 1. The van der Waals surface area contributed by atoms with Gasteiger partial charge in [-0.1, -0.05) is 31.9 Å². The Bertz CT molecular complexity index is 137. The molecule has 0 saturated carbocycles. The molecule has 1 N–H and O–H groups in total. The van der Waals surface area contributed by atoms with Crippen molar-refractivity contribution in [3.8, 4) is 0 Å². The molecule has 0 aliphatic carbocycles. The van der Waals surface area contributed by atoms with Gasteiger partial charge in [-0.25, -0.2) is 0 Å². The fourth-order valence-corrected chi connectivity index (χ4v) is 1.27. The number of rotatable bonds is 5. The molecule has 1 heterocycles. The molecule has 2 nitrogen and oxygen atoms in total. The zero-order valence-electron chi connectivity index (χ0n) is 7.70. The molecule has 0 aromatic heterocycles. The quantitative estimate of drug-likeness (QED) is 0.506. The summed E-state index contributed by atoms with van der Waals surface area (Å²) in [5, 5.41) is 8.80. The van der Waals surface area contributed by atoms with Crippen LogP contribution < -0.4 is 0 Å². The summed E-state index contributed by atoms with van der Waals surface area (Å²) >= 11 is 0. The van der Waals surface area contributed by atoms with Gasteiger partial charge in [-0.15, -0.1) is 0 Å². The number of aliphatic hydroxyl groups excluding tert-OH is 1. The highest BCUT2D eigenvalue weighted by Gasteiger charge is 2.24. The molecule has 0 spiro atoms. The van der Waals surface area contributed by atoms with Gasteiger partial charge in [0.1, 0.15) is 0 Å². The van der Waals surface area contributed by atoms with E-state index in [0.29, 0.717) is 0 Å². The van der Waals surface area contributed by atoms with Gasteiger partial charge in [-0.05, 0) is 12.8 Å². The Balaban J connectivity index is 1.92. The van der Waals surface area contributed by atoms with Gasteiger partial charge in [-0.2, -0.15) is 0 Å². The summed E-state index contributed by atoms with van der Waals surface area (Å²) in [5.41, 5.74) is 0. The van der Waals surface area contributed by atoms with Crippen LogP contribution in [0, 0.1) is 0 Å². The molecule has 1 aliphatic heterocycles. The van der Waals surface area contributed by atoms with Crippen LogP contribution in [-0.4, -0.2) is 17.5 Å². The maximum atomic E-state index is 8.80. The lowest BCUT2D eigenvalue weighted by Crippen LogP contribution is -2.35. The zero-order valence-corrected chi connectivity index (χ0v) is 7.70. The third-order valence-corrected chi connectivity index (χ3v) is 2.09. The lowest BCUT2D eigenvalue weighted by atomic mass is 10.1. The predicted molar refractivity (Wildman–Crippen MR) is 48.8 cm³/mol. The minimum absolute atomic E-state index is 0.182. The zero-order chi connectivity index (χ0) is 8.81. The largest absolute Gasteiger partial charge is 0.368 e. The number of ether oxygens (including phenoxy) is 1. The van der Waals surface area contributed by atoms with Crippen molar-refractivity contribution in [2.45, 2.75) is 51.4 Å². The Morgan fingerprint density at radius 1 is 1.50 bits per heavy atom. The van der Waals surface area contributed by atoms with Crippen LogP contribution in [0.1, 0.15) is 39.0 Å². The number of hydrogen-bond acceptors (Lipinski definition) is 2. The van der Waals surface area contributed by atoms with Crippen LogP contribution in [0.25, 0.3) is 0 Å². The van der Waals surface area contributed by atoms with E-state index in [1.165, 1.54) is 19.3 Å². The van der Waals surface area contributed by atoms with E-state index in [4.69, 9.17) is 9.84 Å². The molecular weight excluding hydrogens is 152 g/mol. The first-order valence-electron chi connectivity index (χ1n) is 4.83. The topological polar surface area (TPSA) is 29.5 Å². The highest BCUT2D eigenvalue weighted by atomic mass is 16.6.